The summed E-state index contributed by atoms with van der Waals surface area (Å²) in [6, 6.07) is 0. The molecule has 14 aliphatic heterocycles. The number of aliphatic hydroxyl groups excluding tert-OH is 4. The third-order valence-electron chi connectivity index (χ3n) is 28.9. The molecule has 30 heteroatoms. The Bertz CT molecular complexity index is 3320. The van der Waals surface area contributed by atoms with Crippen LogP contribution in [0.25, 0.3) is 0 Å². The molecule has 6 aliphatic carbocycles. The van der Waals surface area contributed by atoms with Gasteiger partial charge in [-0.1, -0.05) is 28.2 Å². The maximum atomic E-state index is 12.0. The van der Waals surface area contributed by atoms with Crippen molar-refractivity contribution >= 4 is 41.4 Å². The number of carboxylic acid groups (broad SMARTS) is 1. The topological polar surface area (TPSA) is 393 Å². The summed E-state index contributed by atoms with van der Waals surface area (Å²) in [6.07, 6.45) is 9.76. The molecule has 24 unspecified atom stereocenters. The normalized spacial score (nSPS) is 40.8. The van der Waals surface area contributed by atoms with Crippen LogP contribution in [0.2, 0.25) is 0 Å². The average Bonchev–Trinajstić information content (AvgIpc) is 1.37. The van der Waals surface area contributed by atoms with Gasteiger partial charge in [-0.25, -0.2) is 14.4 Å². The molecule has 20 aliphatic rings. The Balaban J connectivity index is 0.000000180. The summed E-state index contributed by atoms with van der Waals surface area (Å²) < 4.78 is 105. The third kappa shape index (κ3) is 23.5. The molecule has 20 fully saturated rings. The van der Waals surface area contributed by atoms with Gasteiger partial charge in [-0.3, -0.25) is 14.4 Å². The lowest BCUT2D eigenvalue weighted by Crippen LogP contribution is -2.69. The molecule has 20 rings (SSSR count). The van der Waals surface area contributed by atoms with Crippen LogP contribution in [-0.4, -0.2) is 286 Å². The van der Waals surface area contributed by atoms with Crippen molar-refractivity contribution in [2.45, 2.75) is 416 Å². The van der Waals surface area contributed by atoms with E-state index in [9.17, 15) is 38.7 Å². The summed E-state index contributed by atoms with van der Waals surface area (Å²) in [5, 5.41) is 45.5. The maximum absolute atomic E-state index is 12.0. The molecular formula is C90H152O30. The molecule has 6 saturated carbocycles. The minimum Gasteiger partial charge on any atom is -0.480 e. The first-order valence-electron chi connectivity index (χ1n) is 43.9. The van der Waals surface area contributed by atoms with E-state index in [0.717, 1.165) is 71.2 Å². The van der Waals surface area contributed by atoms with E-state index in [-0.39, 0.29) is 157 Å². The number of esters is 4. The summed E-state index contributed by atoms with van der Waals surface area (Å²) >= 11 is 0. The SMILES string of the molecule is C.CC(=O)CCC(=O)OC1CC2CC(OC(=O)CO)C1(C)OC2(C)C.CC(=O)COC1CC2CC(OCC(=O)O)C1(C)OC2(C)C.CC1(C)OC2(C)C(OCC3CO3)CC1CC2OCC1CO1.CC1CC2CC(O)C1(C)OC2(C)C.CCC(=O)OC1CC2CC(OC(=O)CO)C1(C)OC2(C)C.CCCOC1CC2CC(OCCO)C1(C)OC2(C)C. The number of rotatable bonds is 28. The number of Topliss-reactive ketones (excluding diaryl/α,β-unsaturated/α-hetero) is 2. The quantitative estimate of drug-likeness (QED) is 0.0276. The highest BCUT2D eigenvalue weighted by Gasteiger charge is 2.67. The molecule has 14 saturated heterocycles. The minimum atomic E-state index is -1.000. The summed E-state index contributed by atoms with van der Waals surface area (Å²) in [6.45, 7) is 48.2. The lowest BCUT2D eigenvalue weighted by Gasteiger charge is -2.60. The zero-order chi connectivity index (χ0) is 88.4. The van der Waals surface area contributed by atoms with Crippen LogP contribution in [0.4, 0.5) is 0 Å². The fraction of sp³-hybridized carbons (Fsp3) is 0.922. The maximum Gasteiger partial charge on any atom is 0.332 e. The van der Waals surface area contributed by atoms with E-state index in [1.54, 1.807) is 13.8 Å². The van der Waals surface area contributed by atoms with Crippen molar-refractivity contribution in [3.05, 3.63) is 0 Å². The predicted octanol–water partition coefficient (Wildman–Crippen LogP) is 10.0. The third-order valence-corrected chi connectivity index (χ3v) is 28.9. The van der Waals surface area contributed by atoms with Crippen molar-refractivity contribution in [2.24, 2.45) is 41.4 Å². The van der Waals surface area contributed by atoms with Gasteiger partial charge in [0, 0.05) is 19.4 Å². The fourth-order valence-corrected chi connectivity index (χ4v) is 21.0. The average molecular weight is 1710 g/mol. The molecule has 0 aromatic heterocycles. The van der Waals surface area contributed by atoms with Crippen LogP contribution < -0.4 is 0 Å². The number of aliphatic carboxylic acids is 1. The van der Waals surface area contributed by atoms with Crippen molar-refractivity contribution in [3.63, 3.8) is 0 Å². The van der Waals surface area contributed by atoms with Gasteiger partial charge in [-0.05, 0) is 263 Å². The number of ether oxygens (including phenoxy) is 18. The number of aliphatic hydroxyl groups is 4. The molecule has 30 nitrogen and oxygen atoms in total. The number of carboxylic acids is 1. The predicted molar refractivity (Wildman–Crippen MR) is 437 cm³/mol. The molecule has 5 N–H and O–H groups in total. The van der Waals surface area contributed by atoms with Crippen LogP contribution in [0.1, 0.15) is 269 Å². The van der Waals surface area contributed by atoms with E-state index in [1.165, 1.54) is 20.3 Å². The number of carbonyl (C=O) groups is 7. The van der Waals surface area contributed by atoms with Crippen molar-refractivity contribution in [3.8, 4) is 0 Å². The van der Waals surface area contributed by atoms with Gasteiger partial charge in [0.25, 0.3) is 0 Å². The Kier molecular flexibility index (Phi) is 33.5. The lowest BCUT2D eigenvalue weighted by molar-refractivity contribution is -0.325. The highest BCUT2D eigenvalue weighted by atomic mass is 16.7. The van der Waals surface area contributed by atoms with Crippen LogP contribution >= 0.6 is 0 Å². The van der Waals surface area contributed by atoms with Crippen LogP contribution in [0.3, 0.4) is 0 Å². The van der Waals surface area contributed by atoms with Crippen LogP contribution in [0, 0.1) is 41.4 Å². The monoisotopic (exact) mass is 1710 g/mol. The van der Waals surface area contributed by atoms with Gasteiger partial charge in [-0.2, -0.15) is 0 Å². The van der Waals surface area contributed by atoms with E-state index in [0.29, 0.717) is 87.8 Å². The summed E-state index contributed by atoms with van der Waals surface area (Å²) in [4.78, 5) is 79.4. The Morgan fingerprint density at radius 3 is 0.942 bits per heavy atom. The molecule has 0 amide bonds. The number of hydrogen-bond donors (Lipinski definition) is 5. The smallest absolute Gasteiger partial charge is 0.332 e. The minimum absolute atomic E-state index is 0. The van der Waals surface area contributed by atoms with E-state index in [2.05, 4.69) is 76.2 Å². The summed E-state index contributed by atoms with van der Waals surface area (Å²) in [5.74, 6) is -0.920. The zero-order valence-corrected chi connectivity index (χ0v) is 75.6. The molecule has 120 heavy (non-hydrogen) atoms. The second-order valence-electron chi connectivity index (χ2n) is 40.2. The van der Waals surface area contributed by atoms with Crippen LogP contribution in [-0.2, 0) is 119 Å². The summed E-state index contributed by atoms with van der Waals surface area (Å²) in [7, 11) is 0. The second-order valence-corrected chi connectivity index (χ2v) is 40.2. The van der Waals surface area contributed by atoms with E-state index >= 15 is 0 Å². The van der Waals surface area contributed by atoms with Crippen molar-refractivity contribution in [2.75, 3.05) is 72.7 Å². The zero-order valence-electron chi connectivity index (χ0n) is 75.6. The number of epoxide rings is 2. The standard InChI is InChI=1S/C17H26O7.C16H26O5.2C15H24O6.C15H28O4.C11H20O2.CH4/c1-10(19)5-6-14(20)22-12-7-11-8-13(23-15(21)9-18)17(12,4)24-16(11,2)3;1-15(2)10-4-13(19-8-11-6-17-11)16(3,21-15)14(5-10)20-9-12-7-18-12;1-9(16)7-19-11-5-10-6-12(20-8-13(17)18)15(11,4)21-14(10,2)3;1-5-12(17)19-10-6-9-7-11(20-13(18)8-16)15(10,4)21-14(9,2)3;1-5-7-17-12-9-11-10-13(18-8-6-16)15(12,4)19-14(11,2)3;1-7-5-8-6-9(12)11(7,4)13-10(8,2)3;/h11-13,18H,5-9H2,1-4H3;10-14H,4-9H2,1-3H3;10-12H,5-8H2,1-4H3,(H,17,18);9-11,16H,5-8H2,1-4H3;11-13,16H,5-10H2,1-4H3;7-9,12H,5-6H2,1-4H3;1H4. The molecule has 0 aromatic rings. The van der Waals surface area contributed by atoms with Gasteiger partial charge in [0.15, 0.2) is 5.78 Å². The van der Waals surface area contributed by atoms with Crippen molar-refractivity contribution in [1.29, 1.82) is 0 Å². The second kappa shape index (κ2) is 39.7. The largest absolute Gasteiger partial charge is 0.480 e. The number of carbonyl (C=O) groups excluding carboxylic acids is 6. The lowest BCUT2D eigenvalue weighted by atomic mass is 9.62. The van der Waals surface area contributed by atoms with Gasteiger partial charge in [0.2, 0.25) is 0 Å². The Labute approximate surface area is 712 Å². The van der Waals surface area contributed by atoms with E-state index < -0.39 is 89.5 Å². The molecule has 24 atom stereocenters. The van der Waals surface area contributed by atoms with Crippen molar-refractivity contribution in [1.82, 2.24) is 0 Å². The molecule has 12 bridgehead atoms. The number of ketones is 2. The van der Waals surface area contributed by atoms with E-state index in [4.69, 9.17) is 106 Å². The molecule has 14 heterocycles. The molecule has 0 spiro atoms. The number of fused-ring (bicyclic) bond motifs is 18. The molecule has 692 valence electrons. The van der Waals surface area contributed by atoms with Gasteiger partial charge in [-0.15, -0.1) is 0 Å². The van der Waals surface area contributed by atoms with Crippen LogP contribution in [0.15, 0.2) is 0 Å². The first-order valence-corrected chi connectivity index (χ1v) is 43.9. The van der Waals surface area contributed by atoms with Crippen molar-refractivity contribution < 1.29 is 144 Å². The first kappa shape index (κ1) is 101. The van der Waals surface area contributed by atoms with Gasteiger partial charge in [0.05, 0.1) is 128 Å². The Hall–Kier alpha value is -4.03. The Morgan fingerprint density at radius 1 is 0.358 bits per heavy atom. The van der Waals surface area contributed by atoms with Crippen LogP contribution in [0.5, 0.6) is 0 Å². The fourth-order valence-electron chi connectivity index (χ4n) is 21.0. The highest BCUT2D eigenvalue weighted by Crippen LogP contribution is 2.58. The van der Waals surface area contributed by atoms with Gasteiger partial charge >= 0.3 is 29.8 Å². The van der Waals surface area contributed by atoms with Gasteiger partial charge in [0.1, 0.15) is 96.8 Å². The molecule has 0 radical (unpaired) electrons. The summed E-state index contributed by atoms with van der Waals surface area (Å²) in [5.41, 5.74) is -4.99. The highest BCUT2D eigenvalue weighted by molar-refractivity contribution is 5.81. The Morgan fingerprint density at radius 2 is 0.650 bits per heavy atom. The molecular weight excluding hydrogens is 1560 g/mol. The van der Waals surface area contributed by atoms with Gasteiger partial charge < -0.3 is 116 Å². The first-order chi connectivity index (χ1) is 55.2. The number of hydrogen-bond acceptors (Lipinski definition) is 29. The van der Waals surface area contributed by atoms with E-state index in [1.807, 2.05) is 55.4 Å². The molecule has 0 aromatic carbocycles.